The number of ether oxygens (including phenoxy) is 1. The minimum Gasteiger partial charge on any atom is -0.388 e. The predicted molar refractivity (Wildman–Crippen MR) is 75.4 cm³/mol. The lowest BCUT2D eigenvalue weighted by Gasteiger charge is -2.38. The van der Waals surface area contributed by atoms with Crippen LogP contribution in [0.3, 0.4) is 0 Å². The SMILES string of the molecule is CC1(C)CN(Cc2ccnc(C(N)=S)c2)CCO1. The number of aromatic nitrogens is 1. The summed E-state index contributed by atoms with van der Waals surface area (Å²) < 4.78 is 5.70. The van der Waals surface area contributed by atoms with Crippen molar-refractivity contribution < 1.29 is 4.74 Å². The van der Waals surface area contributed by atoms with E-state index in [1.165, 1.54) is 5.56 Å². The zero-order valence-corrected chi connectivity index (χ0v) is 11.7. The molecule has 1 aromatic rings. The standard InChI is InChI=1S/C13H19N3OS/c1-13(2)9-16(5-6-17-13)8-10-3-4-15-11(7-10)12(14)18/h3-4,7H,5-6,8-9H2,1-2H3,(H2,14,18). The molecule has 2 N–H and O–H groups in total. The summed E-state index contributed by atoms with van der Waals surface area (Å²) in [5.74, 6) is 0. The summed E-state index contributed by atoms with van der Waals surface area (Å²) in [7, 11) is 0. The second-order valence-corrected chi connectivity index (χ2v) is 5.67. The maximum Gasteiger partial charge on any atom is 0.122 e. The summed E-state index contributed by atoms with van der Waals surface area (Å²) in [5.41, 5.74) is 7.40. The van der Waals surface area contributed by atoms with Gasteiger partial charge in [-0.2, -0.15) is 0 Å². The fourth-order valence-corrected chi connectivity index (χ4v) is 2.33. The first-order valence-corrected chi connectivity index (χ1v) is 6.48. The topological polar surface area (TPSA) is 51.4 Å². The summed E-state index contributed by atoms with van der Waals surface area (Å²) in [4.78, 5) is 6.87. The molecule has 0 unspecified atom stereocenters. The van der Waals surface area contributed by atoms with Crippen molar-refractivity contribution in [1.82, 2.24) is 9.88 Å². The van der Waals surface area contributed by atoms with Gasteiger partial charge in [-0.1, -0.05) is 12.2 Å². The molecule has 1 saturated heterocycles. The van der Waals surface area contributed by atoms with E-state index in [0.717, 1.165) is 26.2 Å². The first-order chi connectivity index (χ1) is 8.46. The molecule has 1 aliphatic heterocycles. The van der Waals surface area contributed by atoms with Crippen molar-refractivity contribution in [3.8, 4) is 0 Å². The fourth-order valence-electron chi connectivity index (χ4n) is 2.21. The van der Waals surface area contributed by atoms with E-state index in [2.05, 4.69) is 23.7 Å². The Bertz CT molecular complexity index is 448. The minimum absolute atomic E-state index is 0.0721. The van der Waals surface area contributed by atoms with E-state index in [4.69, 9.17) is 22.7 Å². The third-order valence-electron chi connectivity index (χ3n) is 2.99. The van der Waals surface area contributed by atoms with E-state index in [1.54, 1.807) is 6.20 Å². The van der Waals surface area contributed by atoms with E-state index in [1.807, 2.05) is 12.1 Å². The molecule has 1 fully saturated rings. The van der Waals surface area contributed by atoms with Gasteiger partial charge in [0.15, 0.2) is 0 Å². The van der Waals surface area contributed by atoms with Crippen molar-refractivity contribution in [2.24, 2.45) is 5.73 Å². The number of pyridine rings is 1. The van der Waals surface area contributed by atoms with E-state index in [0.29, 0.717) is 10.7 Å². The van der Waals surface area contributed by atoms with E-state index >= 15 is 0 Å². The summed E-state index contributed by atoms with van der Waals surface area (Å²) in [6.07, 6.45) is 1.76. The second kappa shape index (κ2) is 5.30. The van der Waals surface area contributed by atoms with E-state index in [-0.39, 0.29) is 5.60 Å². The molecular formula is C13H19N3OS. The molecule has 4 nitrogen and oxygen atoms in total. The Kier molecular flexibility index (Phi) is 3.94. The number of hydrogen-bond donors (Lipinski definition) is 1. The normalized spacial score (nSPS) is 19.7. The van der Waals surface area contributed by atoms with Gasteiger partial charge in [0.1, 0.15) is 4.99 Å². The molecule has 0 aliphatic carbocycles. The third kappa shape index (κ3) is 3.48. The Hall–Kier alpha value is -1.04. The molecule has 5 heteroatoms. The van der Waals surface area contributed by atoms with Crippen LogP contribution in [0.1, 0.15) is 25.1 Å². The number of morpholine rings is 1. The van der Waals surface area contributed by atoms with Crippen LogP contribution >= 0.6 is 12.2 Å². The van der Waals surface area contributed by atoms with Crippen LogP contribution in [0.25, 0.3) is 0 Å². The van der Waals surface area contributed by atoms with Crippen LogP contribution in [0.15, 0.2) is 18.3 Å². The Morgan fingerprint density at radius 1 is 1.61 bits per heavy atom. The maximum absolute atomic E-state index is 5.70. The highest BCUT2D eigenvalue weighted by molar-refractivity contribution is 7.80. The number of nitrogens with two attached hydrogens (primary N) is 1. The quantitative estimate of drug-likeness (QED) is 0.836. The van der Waals surface area contributed by atoms with Crippen LogP contribution in [0.5, 0.6) is 0 Å². The number of thiocarbonyl (C=S) groups is 1. The van der Waals surface area contributed by atoms with Gasteiger partial charge in [-0.15, -0.1) is 0 Å². The van der Waals surface area contributed by atoms with Gasteiger partial charge >= 0.3 is 0 Å². The molecule has 0 atom stereocenters. The van der Waals surface area contributed by atoms with Crippen molar-refractivity contribution in [3.63, 3.8) is 0 Å². The van der Waals surface area contributed by atoms with Gasteiger partial charge in [0, 0.05) is 25.8 Å². The van der Waals surface area contributed by atoms with Gasteiger partial charge in [-0.25, -0.2) is 0 Å². The number of rotatable bonds is 3. The lowest BCUT2D eigenvalue weighted by atomic mass is 10.1. The second-order valence-electron chi connectivity index (χ2n) is 5.23. The van der Waals surface area contributed by atoms with E-state index < -0.39 is 0 Å². The molecule has 0 radical (unpaired) electrons. The molecule has 0 spiro atoms. The maximum atomic E-state index is 5.70. The molecule has 2 rings (SSSR count). The summed E-state index contributed by atoms with van der Waals surface area (Å²) in [5, 5.41) is 0. The summed E-state index contributed by atoms with van der Waals surface area (Å²) >= 11 is 4.94. The molecular weight excluding hydrogens is 246 g/mol. The lowest BCUT2D eigenvalue weighted by molar-refractivity contribution is -0.0882. The van der Waals surface area contributed by atoms with Gasteiger partial charge in [-0.3, -0.25) is 9.88 Å². The fraction of sp³-hybridized carbons (Fsp3) is 0.538. The third-order valence-corrected chi connectivity index (χ3v) is 3.20. The molecule has 0 aromatic carbocycles. The van der Waals surface area contributed by atoms with Gasteiger partial charge in [0.2, 0.25) is 0 Å². The Morgan fingerprint density at radius 2 is 2.39 bits per heavy atom. The average Bonchev–Trinajstić information content (AvgIpc) is 2.28. The van der Waals surface area contributed by atoms with Crippen LogP contribution in [-0.4, -0.2) is 40.2 Å². The van der Waals surface area contributed by atoms with Crippen molar-refractivity contribution in [2.75, 3.05) is 19.7 Å². The molecule has 2 heterocycles. The highest BCUT2D eigenvalue weighted by atomic mass is 32.1. The Labute approximate surface area is 113 Å². The zero-order valence-electron chi connectivity index (χ0n) is 10.8. The van der Waals surface area contributed by atoms with Crippen LogP contribution in [-0.2, 0) is 11.3 Å². The van der Waals surface area contributed by atoms with Crippen LogP contribution < -0.4 is 5.73 Å². The van der Waals surface area contributed by atoms with Gasteiger partial charge in [0.05, 0.1) is 17.9 Å². The Balaban J connectivity index is 2.05. The van der Waals surface area contributed by atoms with Gasteiger partial charge in [0.25, 0.3) is 0 Å². The molecule has 1 aromatic heterocycles. The largest absolute Gasteiger partial charge is 0.388 e. The Morgan fingerprint density at radius 3 is 3.06 bits per heavy atom. The highest BCUT2D eigenvalue weighted by Gasteiger charge is 2.26. The van der Waals surface area contributed by atoms with Gasteiger partial charge < -0.3 is 10.5 Å². The van der Waals surface area contributed by atoms with Crippen molar-refractivity contribution >= 4 is 17.2 Å². The highest BCUT2D eigenvalue weighted by Crippen LogP contribution is 2.18. The average molecular weight is 265 g/mol. The first-order valence-electron chi connectivity index (χ1n) is 6.07. The lowest BCUT2D eigenvalue weighted by Crippen LogP contribution is -2.47. The van der Waals surface area contributed by atoms with Crippen molar-refractivity contribution in [3.05, 3.63) is 29.6 Å². The predicted octanol–water partition coefficient (Wildman–Crippen LogP) is 1.33. The zero-order chi connectivity index (χ0) is 13.2. The summed E-state index contributed by atoms with van der Waals surface area (Å²) in [6, 6.07) is 3.97. The molecule has 0 bridgehead atoms. The molecule has 1 aliphatic rings. The van der Waals surface area contributed by atoms with Crippen LogP contribution in [0, 0.1) is 0 Å². The number of nitrogens with zero attached hydrogens (tertiary/aromatic N) is 2. The van der Waals surface area contributed by atoms with Crippen molar-refractivity contribution in [2.45, 2.75) is 26.0 Å². The van der Waals surface area contributed by atoms with Crippen LogP contribution in [0.4, 0.5) is 0 Å². The molecule has 0 saturated carbocycles. The molecule has 0 amide bonds. The molecule has 18 heavy (non-hydrogen) atoms. The minimum atomic E-state index is -0.0721. The van der Waals surface area contributed by atoms with Gasteiger partial charge in [-0.05, 0) is 31.5 Å². The first kappa shape index (κ1) is 13.4. The van der Waals surface area contributed by atoms with Crippen LogP contribution in [0.2, 0.25) is 0 Å². The van der Waals surface area contributed by atoms with Crippen molar-refractivity contribution in [1.29, 1.82) is 0 Å². The van der Waals surface area contributed by atoms with E-state index in [9.17, 15) is 0 Å². The molecule has 98 valence electrons. The smallest absolute Gasteiger partial charge is 0.122 e. The summed E-state index contributed by atoms with van der Waals surface area (Å²) in [6.45, 7) is 7.77. The monoisotopic (exact) mass is 265 g/mol. The number of hydrogen-bond acceptors (Lipinski definition) is 4.